The lowest BCUT2D eigenvalue weighted by molar-refractivity contribution is -0.204. The Kier molecular flexibility index (Phi) is 61.4. The Balaban J connectivity index is -0.000000280. The van der Waals surface area contributed by atoms with Crippen LogP contribution in [0.4, 0.5) is 13.2 Å². The zero-order chi connectivity index (χ0) is 66.9. The van der Waals surface area contributed by atoms with Crippen LogP contribution in [-0.4, -0.2) is 68.6 Å². The van der Waals surface area contributed by atoms with E-state index in [1.807, 2.05) is 182 Å². The lowest BCUT2D eigenvalue weighted by Gasteiger charge is -2.13. The highest BCUT2D eigenvalue weighted by Crippen LogP contribution is 2.35. The molecule has 1 fully saturated rings. The van der Waals surface area contributed by atoms with Gasteiger partial charge in [-0.05, 0) is 155 Å². The molecule has 3 unspecified atom stereocenters. The smallest absolute Gasteiger partial charge is 0.394 e. The predicted octanol–water partition coefficient (Wildman–Crippen LogP) is 26.5. The molecule has 0 aromatic heterocycles. The number of benzene rings is 6. The maximum atomic E-state index is 11.7. The van der Waals surface area contributed by atoms with E-state index in [0.717, 1.165) is 83.8 Å². The maximum absolute atomic E-state index is 11.7. The van der Waals surface area contributed by atoms with E-state index in [1.165, 1.54) is 5.56 Å². The Morgan fingerprint density at radius 1 is 0.506 bits per heavy atom. The molecule has 85 heavy (non-hydrogen) atoms. The van der Waals surface area contributed by atoms with Crippen molar-refractivity contribution in [2.24, 2.45) is 0 Å². The summed E-state index contributed by atoms with van der Waals surface area (Å²) in [5, 5.41) is 16.3. The quantitative estimate of drug-likeness (QED) is 0.109. The molecule has 0 amide bonds. The number of alkyl halides is 4. The lowest BCUT2D eigenvalue weighted by Crippen LogP contribution is -2.25. The van der Waals surface area contributed by atoms with Gasteiger partial charge < -0.3 is 24.1 Å². The second-order valence-corrected chi connectivity index (χ2v) is 23.0. The van der Waals surface area contributed by atoms with Crippen LogP contribution < -0.4 is 0 Å². The van der Waals surface area contributed by atoms with Gasteiger partial charge in [0, 0.05) is 80.7 Å². The molecular formula is C65H89BrCl11F3O5. The van der Waals surface area contributed by atoms with E-state index in [1.54, 1.807) is 44.6 Å². The fourth-order valence-corrected chi connectivity index (χ4v) is 7.45. The van der Waals surface area contributed by atoms with Gasteiger partial charge in [0.05, 0.1) is 19.3 Å². The number of methoxy groups -OCH3 is 2. The summed E-state index contributed by atoms with van der Waals surface area (Å²) in [6.07, 6.45) is -0.908. The third kappa shape index (κ3) is 53.0. The summed E-state index contributed by atoms with van der Waals surface area (Å²) in [5.74, 6) is -0.912. The molecule has 1 aliphatic heterocycles. The first kappa shape index (κ1) is 92.3. The van der Waals surface area contributed by atoms with E-state index in [-0.39, 0.29) is 19.3 Å². The van der Waals surface area contributed by atoms with E-state index >= 15 is 0 Å². The predicted molar refractivity (Wildman–Crippen MR) is 375 cm³/mol. The minimum atomic E-state index is -4.26. The van der Waals surface area contributed by atoms with E-state index in [2.05, 4.69) is 27.6 Å². The third-order valence-electron chi connectivity index (χ3n) is 10.1. The standard InChI is InChI=1S/5C7H6Cl2.C7H7Cl.C7H11F3O2.C5H11BrO.C5H12O2.3C2H6/c5*1-5-2-3-6(8)4-7(5)9;1-6-2-4-7(8)5-3-6;1-2-3-6(4-11-6)12-5-7(8,9)10;1-3-5(6)4-7-2;1-3-5(4-6)7-2;3*1-2/h5*2-4H,1H3;2-5H,1H3;2-5H2,1H3;5H,3-4H2,1-2H3;5-6H,3-4H2,1-2H3;3*1-2H3. The summed E-state index contributed by atoms with van der Waals surface area (Å²) in [6.45, 7) is 29.8. The summed E-state index contributed by atoms with van der Waals surface area (Å²) in [5.41, 5.74) is 6.53. The molecule has 1 heterocycles. The van der Waals surface area contributed by atoms with Crippen LogP contribution in [0.3, 0.4) is 0 Å². The summed E-state index contributed by atoms with van der Waals surface area (Å²) in [7, 11) is 3.31. The van der Waals surface area contributed by atoms with Crippen molar-refractivity contribution in [3.8, 4) is 0 Å². The minimum Gasteiger partial charge on any atom is -0.394 e. The molecule has 0 aliphatic carbocycles. The zero-order valence-corrected chi connectivity index (χ0v) is 61.9. The molecule has 0 saturated carbocycles. The van der Waals surface area contributed by atoms with Crippen molar-refractivity contribution < 1.29 is 37.2 Å². The van der Waals surface area contributed by atoms with Gasteiger partial charge >= 0.3 is 6.18 Å². The fourth-order valence-electron chi connectivity index (χ4n) is 5.01. The number of aliphatic hydroxyl groups excluding tert-OH is 1. The highest BCUT2D eigenvalue weighted by Gasteiger charge is 2.47. The first-order valence-corrected chi connectivity index (χ1v) is 32.4. The molecule has 6 aromatic carbocycles. The van der Waals surface area contributed by atoms with Gasteiger partial charge in [0.1, 0.15) is 13.2 Å². The number of ether oxygens (including phenoxy) is 4. The normalized spacial score (nSPS) is 12.6. The number of rotatable bonds is 10. The Morgan fingerprint density at radius 2 is 0.788 bits per heavy atom. The summed E-state index contributed by atoms with van der Waals surface area (Å²) in [6, 6.07) is 35.0. The molecular weight excluding hydrogens is 1390 g/mol. The molecule has 1 aliphatic rings. The number of hydrogen-bond donors (Lipinski definition) is 1. The monoisotopic (exact) mass is 1470 g/mol. The van der Waals surface area contributed by atoms with Gasteiger partial charge in [-0.1, -0.05) is 260 Å². The molecule has 6 aromatic rings. The summed E-state index contributed by atoms with van der Waals surface area (Å²) in [4.78, 5) is 0.539. The van der Waals surface area contributed by atoms with Gasteiger partial charge in [0.25, 0.3) is 0 Å². The second-order valence-electron chi connectivity index (χ2n) is 17.0. The largest absolute Gasteiger partial charge is 0.411 e. The van der Waals surface area contributed by atoms with Gasteiger partial charge in [0.2, 0.25) is 0 Å². The third-order valence-corrected chi connectivity index (χ3v) is 14.4. The summed E-state index contributed by atoms with van der Waals surface area (Å²) >= 11 is 65.8. The maximum Gasteiger partial charge on any atom is 0.411 e. The molecule has 1 saturated heterocycles. The van der Waals surface area contributed by atoms with E-state index in [4.69, 9.17) is 147 Å². The van der Waals surface area contributed by atoms with Crippen LogP contribution in [0.15, 0.2) is 115 Å². The van der Waals surface area contributed by atoms with Crippen LogP contribution in [0.5, 0.6) is 0 Å². The first-order chi connectivity index (χ1) is 39.9. The number of hydrogen-bond acceptors (Lipinski definition) is 5. The SMILES string of the molecule is CC.CC.CC.CCC(Br)COC.CCC(CO)OC.CCCC1(OCC(F)(F)F)CO1.Cc1ccc(Cl)cc1.Cc1ccc(Cl)cc1Cl.Cc1ccc(Cl)cc1Cl.Cc1ccc(Cl)cc1Cl.Cc1ccc(Cl)cc1Cl.Cc1ccc(Cl)cc1Cl. The Hall–Kier alpha value is -1.42. The average Bonchev–Trinajstić information content (AvgIpc) is 3.70. The molecule has 1 N–H and O–H groups in total. The van der Waals surface area contributed by atoms with Gasteiger partial charge in [-0.25, -0.2) is 0 Å². The number of aliphatic hydroxyl groups is 1. The van der Waals surface area contributed by atoms with Gasteiger partial charge in [-0.3, -0.25) is 0 Å². The molecule has 0 spiro atoms. The van der Waals surface area contributed by atoms with Gasteiger partial charge in [-0.15, -0.1) is 0 Å². The van der Waals surface area contributed by atoms with Crippen molar-refractivity contribution in [1.29, 1.82) is 0 Å². The zero-order valence-electron chi connectivity index (χ0n) is 52.0. The van der Waals surface area contributed by atoms with Gasteiger partial charge in [0.15, 0.2) is 5.79 Å². The average molecular weight is 1480 g/mol. The molecule has 7 rings (SSSR count). The fraction of sp³-hybridized carbons (Fsp3) is 0.446. The number of halogens is 15. The summed E-state index contributed by atoms with van der Waals surface area (Å²) < 4.78 is 54.1. The molecule has 20 heteroatoms. The highest BCUT2D eigenvalue weighted by molar-refractivity contribution is 9.09. The molecule has 5 nitrogen and oxygen atoms in total. The van der Waals surface area contributed by atoms with Crippen LogP contribution in [0.1, 0.15) is 121 Å². The molecule has 0 radical (unpaired) electrons. The van der Waals surface area contributed by atoms with Crippen LogP contribution >= 0.6 is 144 Å². The topological polar surface area (TPSA) is 60.5 Å². The minimum absolute atomic E-state index is 0.0417. The molecule has 484 valence electrons. The number of aryl methyl sites for hydroxylation is 6. The Labute approximate surface area is 572 Å². The lowest BCUT2D eigenvalue weighted by atomic mass is 10.2. The van der Waals surface area contributed by atoms with Crippen LogP contribution in [0.2, 0.25) is 55.2 Å². The van der Waals surface area contributed by atoms with Crippen molar-refractivity contribution >= 4 is 144 Å². The number of epoxide rings is 1. The van der Waals surface area contributed by atoms with E-state index < -0.39 is 18.6 Å². The second kappa shape index (κ2) is 56.6. The van der Waals surface area contributed by atoms with Crippen molar-refractivity contribution in [2.45, 2.75) is 152 Å². The van der Waals surface area contributed by atoms with Crippen molar-refractivity contribution in [2.75, 3.05) is 40.6 Å². The molecule has 3 atom stereocenters. The highest BCUT2D eigenvalue weighted by atomic mass is 79.9. The Bertz CT molecular complexity index is 2260. The van der Waals surface area contributed by atoms with Crippen LogP contribution in [-0.2, 0) is 18.9 Å². The first-order valence-electron chi connectivity index (χ1n) is 27.3. The Morgan fingerprint density at radius 3 is 0.929 bits per heavy atom. The van der Waals surface area contributed by atoms with Crippen LogP contribution in [0, 0.1) is 41.5 Å². The van der Waals surface area contributed by atoms with Crippen molar-refractivity contribution in [3.63, 3.8) is 0 Å². The molecule has 0 bridgehead atoms. The van der Waals surface area contributed by atoms with Crippen LogP contribution in [0.25, 0.3) is 0 Å². The van der Waals surface area contributed by atoms with Crippen molar-refractivity contribution in [1.82, 2.24) is 0 Å². The van der Waals surface area contributed by atoms with E-state index in [0.29, 0.717) is 36.4 Å². The van der Waals surface area contributed by atoms with Gasteiger partial charge in [-0.2, -0.15) is 13.2 Å². The van der Waals surface area contributed by atoms with E-state index in [9.17, 15) is 13.2 Å². The van der Waals surface area contributed by atoms with Crippen molar-refractivity contribution in [3.05, 3.63) is 204 Å².